The number of hydrogen-bond donors (Lipinski definition) is 0. The molecule has 2 saturated heterocycles. The van der Waals surface area contributed by atoms with Crippen molar-refractivity contribution in [3.8, 4) is 6.07 Å². The van der Waals surface area contributed by atoms with Gasteiger partial charge in [0.05, 0.1) is 30.1 Å². The van der Waals surface area contributed by atoms with E-state index < -0.39 is 11.7 Å². The van der Waals surface area contributed by atoms with Crippen LogP contribution in [0.25, 0.3) is 0 Å². The number of furan rings is 1. The molecule has 9 heteroatoms. The van der Waals surface area contributed by atoms with Gasteiger partial charge in [-0.15, -0.1) is 0 Å². The zero-order chi connectivity index (χ0) is 24.6. The number of hydrogen-bond acceptors (Lipinski definition) is 5. The summed E-state index contributed by atoms with van der Waals surface area (Å²) in [7, 11) is 0. The summed E-state index contributed by atoms with van der Waals surface area (Å²) >= 11 is 0. The van der Waals surface area contributed by atoms with Crippen LogP contribution in [-0.4, -0.2) is 50.2 Å². The third-order valence-corrected chi connectivity index (χ3v) is 7.75. The van der Waals surface area contributed by atoms with E-state index in [1.165, 1.54) is 25.2 Å². The van der Waals surface area contributed by atoms with E-state index in [1.54, 1.807) is 24.3 Å². The minimum atomic E-state index is -4.58. The van der Waals surface area contributed by atoms with E-state index in [1.807, 2.05) is 9.80 Å². The maximum Gasteiger partial charge on any atom is 0.417 e. The molecule has 3 heterocycles. The fourth-order valence-corrected chi connectivity index (χ4v) is 5.47. The first-order valence-electron chi connectivity index (χ1n) is 12.1. The number of anilines is 1. The fourth-order valence-electron chi connectivity index (χ4n) is 5.47. The van der Waals surface area contributed by atoms with Gasteiger partial charge < -0.3 is 19.0 Å². The standard InChI is InChI=1S/C26H28F3N3O3/c27-26(28,29)22-12-21(6-5-19(22)13-30)31-9-7-25(8-10-31)17-32(24(33)23-2-1-11-35-23)14-20(25)16-34-15-18-3-4-18/h1-2,5-6,11-12,18,20H,3-4,7-10,14-17H2. The van der Waals surface area contributed by atoms with Gasteiger partial charge in [0.2, 0.25) is 0 Å². The maximum atomic E-state index is 13.5. The van der Waals surface area contributed by atoms with Crippen LogP contribution in [0.3, 0.4) is 0 Å². The van der Waals surface area contributed by atoms with E-state index >= 15 is 0 Å². The molecule has 1 aliphatic carbocycles. The van der Waals surface area contributed by atoms with Crippen molar-refractivity contribution in [2.75, 3.05) is 44.3 Å². The van der Waals surface area contributed by atoms with Gasteiger partial charge >= 0.3 is 6.18 Å². The van der Waals surface area contributed by atoms with Crippen LogP contribution in [0, 0.1) is 28.6 Å². The molecule has 2 aromatic rings. The topological polar surface area (TPSA) is 69.7 Å². The molecular weight excluding hydrogens is 459 g/mol. The lowest BCUT2D eigenvalue weighted by Crippen LogP contribution is -2.45. The van der Waals surface area contributed by atoms with E-state index in [4.69, 9.17) is 14.4 Å². The highest BCUT2D eigenvalue weighted by atomic mass is 19.4. The van der Waals surface area contributed by atoms with Crippen molar-refractivity contribution in [2.45, 2.75) is 31.9 Å². The van der Waals surface area contributed by atoms with E-state index in [9.17, 15) is 18.0 Å². The Kier molecular flexibility index (Phi) is 6.26. The quantitative estimate of drug-likeness (QED) is 0.576. The number of alkyl halides is 3. The minimum absolute atomic E-state index is 0.136. The molecule has 1 aromatic heterocycles. The van der Waals surface area contributed by atoms with Crippen molar-refractivity contribution in [1.29, 1.82) is 5.26 Å². The highest BCUT2D eigenvalue weighted by Gasteiger charge is 2.50. The van der Waals surface area contributed by atoms with Crippen molar-refractivity contribution in [1.82, 2.24) is 4.90 Å². The monoisotopic (exact) mass is 487 g/mol. The zero-order valence-electron chi connectivity index (χ0n) is 19.4. The average Bonchev–Trinajstić information content (AvgIpc) is 3.37. The van der Waals surface area contributed by atoms with Crippen LogP contribution in [0.4, 0.5) is 18.9 Å². The average molecular weight is 488 g/mol. The van der Waals surface area contributed by atoms with Gasteiger partial charge in [0.25, 0.3) is 5.91 Å². The Bertz CT molecular complexity index is 1100. The molecule has 3 aliphatic rings. The molecular formula is C26H28F3N3O3. The Morgan fingerprint density at radius 2 is 1.97 bits per heavy atom. The first-order valence-corrected chi connectivity index (χ1v) is 12.1. The lowest BCUT2D eigenvalue weighted by molar-refractivity contribution is -0.137. The molecule has 35 heavy (non-hydrogen) atoms. The first kappa shape index (κ1) is 23.7. The van der Waals surface area contributed by atoms with Gasteiger partial charge in [-0.3, -0.25) is 4.79 Å². The lowest BCUT2D eigenvalue weighted by atomic mass is 9.71. The second kappa shape index (κ2) is 9.23. The Morgan fingerprint density at radius 1 is 1.20 bits per heavy atom. The summed E-state index contributed by atoms with van der Waals surface area (Å²) in [4.78, 5) is 16.8. The molecule has 1 amide bonds. The number of rotatable bonds is 6. The predicted molar refractivity (Wildman–Crippen MR) is 122 cm³/mol. The number of carbonyl (C=O) groups excluding carboxylic acids is 1. The smallest absolute Gasteiger partial charge is 0.417 e. The van der Waals surface area contributed by atoms with Crippen molar-refractivity contribution in [3.05, 3.63) is 53.5 Å². The number of nitriles is 1. The maximum absolute atomic E-state index is 13.5. The Balaban J connectivity index is 1.31. The van der Waals surface area contributed by atoms with Crippen LogP contribution >= 0.6 is 0 Å². The van der Waals surface area contributed by atoms with Crippen LogP contribution < -0.4 is 4.90 Å². The molecule has 6 nitrogen and oxygen atoms in total. The number of benzene rings is 1. The van der Waals surface area contributed by atoms with Gasteiger partial charge in [0, 0.05) is 44.4 Å². The van der Waals surface area contributed by atoms with E-state index in [0.717, 1.165) is 25.5 Å². The number of nitrogens with zero attached hydrogens (tertiary/aromatic N) is 3. The lowest BCUT2D eigenvalue weighted by Gasteiger charge is -2.43. The number of ether oxygens (including phenoxy) is 1. The van der Waals surface area contributed by atoms with E-state index in [2.05, 4.69) is 0 Å². The summed E-state index contributed by atoms with van der Waals surface area (Å²) in [6.45, 7) is 3.64. The van der Waals surface area contributed by atoms with E-state index in [-0.39, 0.29) is 22.8 Å². The summed E-state index contributed by atoms with van der Waals surface area (Å²) < 4.78 is 51.8. The molecule has 1 saturated carbocycles. The number of likely N-dealkylation sites (tertiary alicyclic amines) is 1. The van der Waals surface area contributed by atoms with Crippen molar-refractivity contribution >= 4 is 11.6 Å². The summed E-state index contributed by atoms with van der Waals surface area (Å²) in [5, 5.41) is 9.08. The molecule has 1 unspecified atom stereocenters. The molecule has 186 valence electrons. The van der Waals surface area contributed by atoms with Crippen LogP contribution in [0.15, 0.2) is 41.0 Å². The van der Waals surface area contributed by atoms with Crippen molar-refractivity contribution in [3.63, 3.8) is 0 Å². The molecule has 1 atom stereocenters. The normalized spacial score (nSPS) is 21.9. The van der Waals surface area contributed by atoms with Crippen LogP contribution in [0.5, 0.6) is 0 Å². The zero-order valence-corrected chi connectivity index (χ0v) is 19.4. The molecule has 0 radical (unpaired) electrons. The van der Waals surface area contributed by atoms with E-state index in [0.29, 0.717) is 50.2 Å². The molecule has 1 spiro atoms. The molecule has 0 N–H and O–H groups in total. The third kappa shape index (κ3) is 4.90. The summed E-state index contributed by atoms with van der Waals surface area (Å²) in [6.07, 6.45) is 0.805. The van der Waals surface area contributed by atoms with Crippen molar-refractivity contribution in [2.24, 2.45) is 17.3 Å². The largest absolute Gasteiger partial charge is 0.459 e. The van der Waals surface area contributed by atoms with Gasteiger partial charge in [0.15, 0.2) is 5.76 Å². The molecule has 0 bridgehead atoms. The molecule has 5 rings (SSSR count). The van der Waals surface area contributed by atoms with Gasteiger partial charge in [0.1, 0.15) is 0 Å². The SMILES string of the molecule is N#Cc1ccc(N2CCC3(CC2)CN(C(=O)c2ccco2)CC3COCC2CC2)cc1C(F)(F)F. The number of halogens is 3. The van der Waals surface area contributed by atoms with Gasteiger partial charge in [-0.25, -0.2) is 0 Å². The molecule has 2 aliphatic heterocycles. The van der Waals surface area contributed by atoms with Gasteiger partial charge in [-0.2, -0.15) is 18.4 Å². The fraction of sp³-hybridized carbons (Fsp3) is 0.538. The highest BCUT2D eigenvalue weighted by Crippen LogP contribution is 2.46. The summed E-state index contributed by atoms with van der Waals surface area (Å²) in [5.74, 6) is 0.987. The molecule has 1 aromatic carbocycles. The van der Waals surface area contributed by atoms with Crippen LogP contribution in [-0.2, 0) is 10.9 Å². The van der Waals surface area contributed by atoms with Gasteiger partial charge in [-0.05, 0) is 67.3 Å². The second-order valence-electron chi connectivity index (χ2n) is 10.0. The Hall–Kier alpha value is -2.99. The van der Waals surface area contributed by atoms with Crippen LogP contribution in [0.1, 0.15) is 47.4 Å². The highest BCUT2D eigenvalue weighted by molar-refractivity contribution is 5.91. The Morgan fingerprint density at radius 3 is 2.60 bits per heavy atom. The van der Waals surface area contributed by atoms with Crippen LogP contribution in [0.2, 0.25) is 0 Å². The third-order valence-electron chi connectivity index (χ3n) is 7.75. The van der Waals surface area contributed by atoms with Crippen molar-refractivity contribution < 1.29 is 27.1 Å². The molecule has 3 fully saturated rings. The first-order chi connectivity index (χ1) is 16.8. The number of amides is 1. The summed E-state index contributed by atoms with van der Waals surface area (Å²) in [6, 6.07) is 8.91. The van der Waals surface area contributed by atoms with Gasteiger partial charge in [-0.1, -0.05) is 0 Å². The Labute approximate surface area is 202 Å². The number of carbonyl (C=O) groups is 1. The number of piperidine rings is 1. The minimum Gasteiger partial charge on any atom is -0.459 e. The predicted octanol–water partition coefficient (Wildman–Crippen LogP) is 4.96. The second-order valence-corrected chi connectivity index (χ2v) is 10.0. The summed E-state index contributed by atoms with van der Waals surface area (Å²) in [5.41, 5.74) is -0.957.